The van der Waals surface area contributed by atoms with Gasteiger partial charge in [-0.2, -0.15) is 0 Å². The van der Waals surface area contributed by atoms with E-state index in [1.807, 2.05) is 61.7 Å². The van der Waals surface area contributed by atoms with Crippen LogP contribution in [0.1, 0.15) is 11.1 Å². The summed E-state index contributed by atoms with van der Waals surface area (Å²) in [6.45, 7) is 1.96. The number of nitrogens with zero attached hydrogens (tertiary/aromatic N) is 1. The van der Waals surface area contributed by atoms with Crippen molar-refractivity contribution in [1.29, 1.82) is 0 Å². The summed E-state index contributed by atoms with van der Waals surface area (Å²) in [5.41, 5.74) is 3.97. The van der Waals surface area contributed by atoms with Crippen molar-refractivity contribution in [3.8, 4) is 16.9 Å². The lowest BCUT2D eigenvalue weighted by molar-refractivity contribution is -0.127. The molecule has 6 nitrogen and oxygen atoms in total. The molecule has 2 amide bonds. The molecule has 4 rings (SSSR count). The Balaban J connectivity index is 1.52. The van der Waals surface area contributed by atoms with E-state index in [0.29, 0.717) is 6.42 Å². The molecular weight excluding hydrogens is 470 g/mol. The molecule has 0 unspecified atom stereocenters. The molecule has 3 aromatic carbocycles. The molecule has 0 radical (unpaired) electrons. The second-order valence-electron chi connectivity index (χ2n) is 8.43. The molecule has 0 aliphatic heterocycles. The number of amides is 2. The monoisotopic (exact) mass is 499 g/mol. The third-order valence-corrected chi connectivity index (χ3v) is 7.07. The van der Waals surface area contributed by atoms with Crippen LogP contribution in [0.4, 0.5) is 0 Å². The molecule has 0 saturated carbocycles. The molecule has 0 spiro atoms. The average Bonchev–Trinajstić information content (AvgIpc) is 2.92. The largest absolute Gasteiger partial charge is 0.496 e. The van der Waals surface area contributed by atoms with E-state index in [2.05, 4.69) is 33.8 Å². The molecule has 0 fully saturated rings. The number of carbonyl (C=O) groups excluding carboxylic acids is 2. The van der Waals surface area contributed by atoms with Crippen molar-refractivity contribution >= 4 is 34.3 Å². The maximum Gasteiger partial charge on any atom is 0.242 e. The minimum absolute atomic E-state index is 0.177. The van der Waals surface area contributed by atoms with E-state index in [1.54, 1.807) is 20.4 Å². The number of methoxy groups -OCH3 is 1. The number of likely N-dealkylation sites (N-methyl/N-ethyl adjacent to an activating group) is 1. The number of aromatic nitrogens is 1. The fourth-order valence-corrected chi connectivity index (χ4v) is 5.08. The van der Waals surface area contributed by atoms with Gasteiger partial charge in [-0.3, -0.25) is 14.6 Å². The predicted molar refractivity (Wildman–Crippen MR) is 145 cm³/mol. The van der Waals surface area contributed by atoms with Crippen LogP contribution in [0.2, 0.25) is 0 Å². The van der Waals surface area contributed by atoms with E-state index in [9.17, 15) is 9.59 Å². The Labute approximate surface area is 215 Å². The van der Waals surface area contributed by atoms with Crippen molar-refractivity contribution in [1.82, 2.24) is 15.6 Å². The molecule has 4 aromatic rings. The van der Waals surface area contributed by atoms with Crippen molar-refractivity contribution in [3.05, 3.63) is 90.3 Å². The van der Waals surface area contributed by atoms with Crippen LogP contribution in [0.25, 0.3) is 21.9 Å². The molecule has 1 atom stereocenters. The summed E-state index contributed by atoms with van der Waals surface area (Å²) in [5, 5.41) is 7.79. The minimum Gasteiger partial charge on any atom is -0.496 e. The van der Waals surface area contributed by atoms with Gasteiger partial charge in [-0.1, -0.05) is 48.5 Å². The molecule has 7 heteroatoms. The number of nitrogens with one attached hydrogen (secondary N) is 2. The highest BCUT2D eigenvalue weighted by Gasteiger charge is 2.21. The number of benzene rings is 3. The third kappa shape index (κ3) is 5.86. The van der Waals surface area contributed by atoms with Gasteiger partial charge in [0.1, 0.15) is 11.8 Å². The number of carbonyl (C=O) groups is 2. The topological polar surface area (TPSA) is 80.3 Å². The molecule has 1 aromatic heterocycles. The molecule has 184 valence electrons. The average molecular weight is 500 g/mol. The number of fused-ring (bicyclic) bond motifs is 1. The van der Waals surface area contributed by atoms with Crippen LogP contribution in [0.15, 0.2) is 84.0 Å². The summed E-state index contributed by atoms with van der Waals surface area (Å²) in [6, 6.07) is 21.3. The van der Waals surface area contributed by atoms with Gasteiger partial charge >= 0.3 is 0 Å². The van der Waals surface area contributed by atoms with Crippen molar-refractivity contribution in [2.45, 2.75) is 24.3 Å². The van der Waals surface area contributed by atoms with Gasteiger partial charge in [-0.25, -0.2) is 0 Å². The lowest BCUT2D eigenvalue weighted by Gasteiger charge is -2.19. The summed E-state index contributed by atoms with van der Waals surface area (Å²) in [5.74, 6) is 0.480. The first-order chi connectivity index (χ1) is 17.5. The summed E-state index contributed by atoms with van der Waals surface area (Å²) >= 11 is 1.45. The van der Waals surface area contributed by atoms with E-state index in [4.69, 9.17) is 4.74 Å². The van der Waals surface area contributed by atoms with Crippen LogP contribution in [0, 0.1) is 6.92 Å². The summed E-state index contributed by atoms with van der Waals surface area (Å²) < 4.78 is 5.41. The van der Waals surface area contributed by atoms with Crippen molar-refractivity contribution in [2.75, 3.05) is 19.9 Å². The highest BCUT2D eigenvalue weighted by molar-refractivity contribution is 8.00. The smallest absolute Gasteiger partial charge is 0.242 e. The van der Waals surface area contributed by atoms with E-state index >= 15 is 0 Å². The molecule has 2 N–H and O–H groups in total. The van der Waals surface area contributed by atoms with E-state index in [0.717, 1.165) is 43.7 Å². The number of thioether (sulfide) groups is 1. The summed E-state index contributed by atoms with van der Waals surface area (Å²) in [7, 11) is 3.19. The third-order valence-electron chi connectivity index (χ3n) is 6.01. The van der Waals surface area contributed by atoms with Crippen LogP contribution < -0.4 is 15.4 Å². The van der Waals surface area contributed by atoms with Crippen LogP contribution in [-0.2, 0) is 16.0 Å². The van der Waals surface area contributed by atoms with Crippen molar-refractivity contribution < 1.29 is 14.3 Å². The summed E-state index contributed by atoms with van der Waals surface area (Å²) in [6.07, 6.45) is 3.95. The van der Waals surface area contributed by atoms with Gasteiger partial charge in [0.05, 0.1) is 12.9 Å². The number of aryl methyl sites for hydroxylation is 1. The van der Waals surface area contributed by atoms with Gasteiger partial charge < -0.3 is 15.4 Å². The normalized spacial score (nSPS) is 11.6. The van der Waals surface area contributed by atoms with Crippen LogP contribution >= 0.6 is 11.8 Å². The number of rotatable bonds is 9. The van der Waals surface area contributed by atoms with Crippen LogP contribution in [0.5, 0.6) is 5.75 Å². The van der Waals surface area contributed by atoms with Gasteiger partial charge in [0.25, 0.3) is 0 Å². The molecule has 0 aliphatic carbocycles. The molecule has 36 heavy (non-hydrogen) atoms. The Morgan fingerprint density at radius 3 is 2.64 bits per heavy atom. The number of pyridine rings is 1. The summed E-state index contributed by atoms with van der Waals surface area (Å²) in [4.78, 5) is 30.8. The first-order valence-electron chi connectivity index (χ1n) is 11.7. The molecule has 0 aliphatic rings. The maximum atomic E-state index is 13.0. The van der Waals surface area contributed by atoms with Crippen molar-refractivity contribution in [3.63, 3.8) is 0 Å². The van der Waals surface area contributed by atoms with Gasteiger partial charge in [0.15, 0.2) is 0 Å². The Kier molecular flexibility index (Phi) is 8.23. The number of hydrogen-bond acceptors (Lipinski definition) is 5. The van der Waals surface area contributed by atoms with E-state index in [1.165, 1.54) is 11.8 Å². The first-order valence-corrected chi connectivity index (χ1v) is 12.7. The SMILES string of the molecule is CNC(=O)[C@H](Cc1ccc(C)c(OC)c1)NC(=O)CSc1ccc2ccccc2c1-c1cccnc1. The maximum absolute atomic E-state index is 13.0. The fraction of sp³-hybridized carbons (Fsp3) is 0.207. The van der Waals surface area contributed by atoms with Gasteiger partial charge in [-0.15, -0.1) is 11.8 Å². The van der Waals surface area contributed by atoms with Gasteiger partial charge in [-0.05, 0) is 47.0 Å². The second-order valence-corrected chi connectivity index (χ2v) is 9.45. The highest BCUT2D eigenvalue weighted by atomic mass is 32.2. The standard InChI is InChI=1S/C29H29N3O3S/c1-19-10-11-20(16-25(19)35-3)15-24(29(34)30-2)32-27(33)18-36-26-13-12-21-7-4-5-9-23(21)28(26)22-8-6-14-31-17-22/h4-14,16-17,24H,15,18H2,1-3H3,(H,30,34)(H,32,33)/t24-/m0/s1. The van der Waals surface area contributed by atoms with Gasteiger partial charge in [0, 0.05) is 41.9 Å². The molecule has 0 saturated heterocycles. The minimum atomic E-state index is -0.690. The van der Waals surface area contributed by atoms with Crippen LogP contribution in [0.3, 0.4) is 0 Å². The molecule has 0 bridgehead atoms. The Morgan fingerprint density at radius 1 is 1.06 bits per heavy atom. The zero-order valence-electron chi connectivity index (χ0n) is 20.6. The Bertz CT molecular complexity index is 1380. The van der Waals surface area contributed by atoms with E-state index < -0.39 is 6.04 Å². The first kappa shape index (κ1) is 25.3. The zero-order chi connectivity index (χ0) is 25.5. The highest BCUT2D eigenvalue weighted by Crippen LogP contribution is 2.37. The molecule has 1 heterocycles. The quantitative estimate of drug-likeness (QED) is 0.324. The second kappa shape index (κ2) is 11.7. The van der Waals surface area contributed by atoms with E-state index in [-0.39, 0.29) is 17.6 Å². The lowest BCUT2D eigenvalue weighted by Crippen LogP contribution is -2.47. The lowest BCUT2D eigenvalue weighted by atomic mass is 9.99. The number of ether oxygens (including phenoxy) is 1. The number of hydrogen-bond donors (Lipinski definition) is 2. The fourth-order valence-electron chi connectivity index (χ4n) is 4.17. The predicted octanol–water partition coefficient (Wildman–Crippen LogP) is 4.78. The van der Waals surface area contributed by atoms with Crippen molar-refractivity contribution in [2.24, 2.45) is 0 Å². The Morgan fingerprint density at radius 2 is 1.89 bits per heavy atom. The molecular formula is C29H29N3O3S. The Hall–Kier alpha value is -3.84. The van der Waals surface area contributed by atoms with Crippen LogP contribution in [-0.4, -0.2) is 42.8 Å². The zero-order valence-corrected chi connectivity index (χ0v) is 21.4. The van der Waals surface area contributed by atoms with Gasteiger partial charge in [0.2, 0.25) is 11.8 Å².